The van der Waals surface area contributed by atoms with Crippen LogP contribution in [0.2, 0.25) is 0 Å². The van der Waals surface area contributed by atoms with Crippen LogP contribution in [-0.2, 0) is 9.53 Å². The number of cyclic esters (lactones) is 1. The number of hydrogen-bond acceptors (Lipinski definition) is 2. The van der Waals surface area contributed by atoms with E-state index in [2.05, 4.69) is 0 Å². The zero-order valence-corrected chi connectivity index (χ0v) is 8.45. The molecule has 0 radical (unpaired) electrons. The molecule has 2 saturated carbocycles. The number of carbonyl (C=O) groups is 1. The second-order valence-electron chi connectivity index (χ2n) is 4.15. The summed E-state index contributed by atoms with van der Waals surface area (Å²) in [5.74, 6) is 2.55. The molecule has 82 valence electrons. The van der Waals surface area contributed by atoms with Crippen LogP contribution in [0.4, 0.5) is 0 Å². The van der Waals surface area contributed by atoms with E-state index in [1.807, 2.05) is 13.8 Å². The maximum atomic E-state index is 11.2. The van der Waals surface area contributed by atoms with Crippen LogP contribution in [0, 0.1) is 23.7 Å². The average molecular weight is 198 g/mol. The summed E-state index contributed by atoms with van der Waals surface area (Å²) >= 11 is 0. The third-order valence-corrected chi connectivity index (χ3v) is 3.78. The van der Waals surface area contributed by atoms with Crippen molar-refractivity contribution in [2.45, 2.75) is 40.5 Å². The second kappa shape index (κ2) is 4.33. The normalized spacial score (nSPS) is 42.0. The maximum Gasteiger partial charge on any atom is 0.309 e. The Labute approximate surface area is 87.0 Å². The van der Waals surface area contributed by atoms with Crippen molar-refractivity contribution in [1.82, 2.24) is 0 Å². The first-order chi connectivity index (χ1) is 6.36. The molecule has 0 amide bonds. The van der Waals surface area contributed by atoms with E-state index in [0.29, 0.717) is 17.8 Å². The Bertz CT molecular complexity index is 212. The molecule has 14 heavy (non-hydrogen) atoms. The minimum atomic E-state index is 0. The number of rotatable bonds is 0. The van der Waals surface area contributed by atoms with Crippen LogP contribution < -0.4 is 0 Å². The number of hydrogen-bond donors (Lipinski definition) is 0. The zero-order chi connectivity index (χ0) is 9.42. The first-order valence-corrected chi connectivity index (χ1v) is 5.53. The van der Waals surface area contributed by atoms with E-state index in [9.17, 15) is 4.79 Å². The first-order valence-electron chi connectivity index (χ1n) is 5.53. The van der Waals surface area contributed by atoms with Gasteiger partial charge in [0.25, 0.3) is 0 Å². The van der Waals surface area contributed by atoms with E-state index in [4.69, 9.17) is 4.74 Å². The Morgan fingerprint density at radius 2 is 1.86 bits per heavy atom. The van der Waals surface area contributed by atoms with Gasteiger partial charge in [0.2, 0.25) is 0 Å². The van der Waals surface area contributed by atoms with E-state index >= 15 is 0 Å². The molecule has 2 heteroatoms. The van der Waals surface area contributed by atoms with Crippen LogP contribution in [0.3, 0.4) is 0 Å². The van der Waals surface area contributed by atoms with Crippen LogP contribution in [-0.4, -0.2) is 12.6 Å². The van der Waals surface area contributed by atoms with Crippen molar-refractivity contribution in [3.63, 3.8) is 0 Å². The van der Waals surface area contributed by atoms with E-state index in [1.165, 1.54) is 19.3 Å². The Morgan fingerprint density at radius 3 is 2.50 bits per heavy atom. The lowest BCUT2D eigenvalue weighted by Gasteiger charge is -2.19. The number of esters is 1. The van der Waals surface area contributed by atoms with Gasteiger partial charge in [0.1, 0.15) is 0 Å². The summed E-state index contributed by atoms with van der Waals surface area (Å²) in [4.78, 5) is 11.2. The second-order valence-corrected chi connectivity index (χ2v) is 4.15. The van der Waals surface area contributed by atoms with E-state index in [-0.39, 0.29) is 13.4 Å². The van der Waals surface area contributed by atoms with Gasteiger partial charge in [-0.2, -0.15) is 0 Å². The summed E-state index contributed by atoms with van der Waals surface area (Å²) in [5, 5.41) is 0. The molecule has 3 rings (SSSR count). The molecule has 0 spiro atoms. The lowest BCUT2D eigenvalue weighted by molar-refractivity contribution is -0.142. The molecule has 2 nitrogen and oxygen atoms in total. The van der Waals surface area contributed by atoms with Crippen molar-refractivity contribution >= 4 is 5.97 Å². The van der Waals surface area contributed by atoms with Gasteiger partial charge < -0.3 is 4.74 Å². The molecule has 2 aliphatic carbocycles. The molecular weight excluding hydrogens is 176 g/mol. The molecule has 0 aromatic rings. The third-order valence-electron chi connectivity index (χ3n) is 3.78. The fraction of sp³-hybridized carbons (Fsp3) is 0.917. The molecule has 1 aliphatic heterocycles. The van der Waals surface area contributed by atoms with Crippen LogP contribution in [0.5, 0.6) is 0 Å². The molecule has 1 heterocycles. The van der Waals surface area contributed by atoms with E-state index in [1.54, 1.807) is 0 Å². The molecule has 2 bridgehead atoms. The predicted octanol–water partition coefficient (Wildman–Crippen LogP) is 2.87. The number of ether oxygens (including phenoxy) is 1. The highest BCUT2D eigenvalue weighted by atomic mass is 16.5. The van der Waals surface area contributed by atoms with Gasteiger partial charge in [-0.15, -0.1) is 0 Å². The Balaban J connectivity index is 0.000000309. The van der Waals surface area contributed by atoms with Crippen molar-refractivity contribution < 1.29 is 9.53 Å². The largest absolute Gasteiger partial charge is 0.465 e. The van der Waals surface area contributed by atoms with Gasteiger partial charge in [-0.25, -0.2) is 0 Å². The molecule has 0 aromatic heterocycles. The van der Waals surface area contributed by atoms with Gasteiger partial charge in [0, 0.05) is 5.92 Å². The molecule has 0 N–H and O–H groups in total. The summed E-state index contributed by atoms with van der Waals surface area (Å²) in [7, 11) is 0. The quantitative estimate of drug-likeness (QED) is 0.559. The Hall–Kier alpha value is -0.530. The topological polar surface area (TPSA) is 26.3 Å². The smallest absolute Gasteiger partial charge is 0.309 e. The SMILES string of the molecule is C.CC.O=C1OCC2C3CCC(C3)C12. The maximum absolute atomic E-state index is 11.2. The standard InChI is InChI=1S/C9H12O2.C2H6.CH4/c10-9-8-6-2-1-5(3-6)7(8)4-11-9;1-2;/h5-8H,1-4H2;1-2H3;1H4. The van der Waals surface area contributed by atoms with Gasteiger partial charge >= 0.3 is 5.97 Å². The number of carbonyl (C=O) groups excluding carboxylic acids is 1. The van der Waals surface area contributed by atoms with Crippen molar-refractivity contribution in [2.75, 3.05) is 6.61 Å². The van der Waals surface area contributed by atoms with Gasteiger partial charge in [0.15, 0.2) is 0 Å². The molecule has 4 atom stereocenters. The minimum absolute atomic E-state index is 0. The average Bonchev–Trinajstić information content (AvgIpc) is 2.81. The molecule has 0 aromatic carbocycles. The van der Waals surface area contributed by atoms with Gasteiger partial charge in [-0.3, -0.25) is 4.79 Å². The monoisotopic (exact) mass is 198 g/mol. The van der Waals surface area contributed by atoms with Crippen molar-refractivity contribution in [1.29, 1.82) is 0 Å². The Morgan fingerprint density at radius 1 is 1.21 bits per heavy atom. The highest BCUT2D eigenvalue weighted by Gasteiger charge is 2.54. The van der Waals surface area contributed by atoms with Crippen LogP contribution in [0.25, 0.3) is 0 Å². The summed E-state index contributed by atoms with van der Waals surface area (Å²) in [6, 6.07) is 0. The van der Waals surface area contributed by atoms with Gasteiger partial charge in [-0.1, -0.05) is 21.3 Å². The van der Waals surface area contributed by atoms with Crippen molar-refractivity contribution in [2.24, 2.45) is 23.7 Å². The summed E-state index contributed by atoms with van der Waals surface area (Å²) in [6.07, 6.45) is 3.94. The zero-order valence-electron chi connectivity index (χ0n) is 8.45. The van der Waals surface area contributed by atoms with E-state index in [0.717, 1.165) is 12.5 Å². The highest BCUT2D eigenvalue weighted by Crippen LogP contribution is 2.54. The van der Waals surface area contributed by atoms with Gasteiger partial charge in [0.05, 0.1) is 12.5 Å². The van der Waals surface area contributed by atoms with E-state index < -0.39 is 0 Å². The third kappa shape index (κ3) is 1.45. The van der Waals surface area contributed by atoms with Crippen LogP contribution in [0.1, 0.15) is 40.5 Å². The predicted molar refractivity (Wildman–Crippen MR) is 56.8 cm³/mol. The van der Waals surface area contributed by atoms with Crippen molar-refractivity contribution in [3.05, 3.63) is 0 Å². The van der Waals surface area contributed by atoms with Crippen molar-refractivity contribution in [3.8, 4) is 0 Å². The fourth-order valence-electron chi connectivity index (χ4n) is 3.29. The minimum Gasteiger partial charge on any atom is -0.465 e. The molecule has 3 aliphatic rings. The lowest BCUT2D eigenvalue weighted by atomic mass is 9.81. The molecular formula is C12H22O2. The number of fused-ring (bicyclic) bond motifs is 5. The highest BCUT2D eigenvalue weighted by molar-refractivity contribution is 5.75. The lowest BCUT2D eigenvalue weighted by Crippen LogP contribution is -2.22. The molecule has 4 unspecified atom stereocenters. The Kier molecular flexibility index (Phi) is 3.57. The summed E-state index contributed by atoms with van der Waals surface area (Å²) in [6.45, 7) is 4.73. The molecule has 1 saturated heterocycles. The van der Waals surface area contributed by atoms with Gasteiger partial charge in [-0.05, 0) is 31.1 Å². The molecule has 3 fully saturated rings. The fourth-order valence-corrected chi connectivity index (χ4v) is 3.29. The van der Waals surface area contributed by atoms with Crippen LogP contribution in [0.15, 0.2) is 0 Å². The summed E-state index contributed by atoms with van der Waals surface area (Å²) in [5.41, 5.74) is 0. The van der Waals surface area contributed by atoms with Crippen LogP contribution >= 0.6 is 0 Å². The summed E-state index contributed by atoms with van der Waals surface area (Å²) < 4.78 is 5.06. The first kappa shape index (κ1) is 11.5.